The van der Waals surface area contributed by atoms with E-state index in [2.05, 4.69) is 32.7 Å². The number of nitrogens with zero attached hydrogens (tertiary/aromatic N) is 2. The average molecular weight is 346 g/mol. The summed E-state index contributed by atoms with van der Waals surface area (Å²) < 4.78 is 5.82. The molecular weight excluding hydrogens is 324 g/mol. The largest absolute Gasteiger partial charge is 0.489 e. The van der Waals surface area contributed by atoms with Crippen molar-refractivity contribution < 1.29 is 4.74 Å². The van der Waals surface area contributed by atoms with Gasteiger partial charge in [0.15, 0.2) is 0 Å². The molecule has 26 heavy (non-hydrogen) atoms. The van der Waals surface area contributed by atoms with Gasteiger partial charge in [-0.1, -0.05) is 30.3 Å². The number of rotatable bonds is 7. The third kappa shape index (κ3) is 4.51. The zero-order valence-corrected chi connectivity index (χ0v) is 14.8. The topological polar surface area (TPSA) is 59.1 Å². The van der Waals surface area contributed by atoms with Crippen LogP contribution in [-0.2, 0) is 6.61 Å². The first-order valence-electron chi connectivity index (χ1n) is 8.91. The van der Waals surface area contributed by atoms with Crippen LogP contribution in [-0.4, -0.2) is 16.0 Å². The highest BCUT2D eigenvalue weighted by atomic mass is 16.5. The molecule has 0 amide bonds. The third-order valence-corrected chi connectivity index (χ3v) is 4.14. The minimum absolute atomic E-state index is 0.560. The van der Waals surface area contributed by atoms with Gasteiger partial charge in [0, 0.05) is 23.5 Å². The van der Waals surface area contributed by atoms with Crippen molar-refractivity contribution in [2.75, 3.05) is 10.6 Å². The standard InChI is InChI=1S/C21H22N4O/c1-15-13-20(23-17-7-8-17)25-21(22-15)24-18-9-11-19(12-10-18)26-14-16-5-3-2-4-6-16/h2-6,9-13,17H,7-8,14H2,1H3,(H2,22,23,24,25). The van der Waals surface area contributed by atoms with Crippen molar-refractivity contribution in [1.29, 1.82) is 0 Å². The van der Waals surface area contributed by atoms with Gasteiger partial charge in [-0.15, -0.1) is 0 Å². The Morgan fingerprint density at radius 1 is 1.00 bits per heavy atom. The Kier molecular flexibility index (Phi) is 4.69. The Morgan fingerprint density at radius 3 is 2.50 bits per heavy atom. The number of hydrogen-bond acceptors (Lipinski definition) is 5. The predicted molar refractivity (Wildman–Crippen MR) is 104 cm³/mol. The molecule has 0 aliphatic heterocycles. The highest BCUT2D eigenvalue weighted by molar-refractivity contribution is 5.56. The first kappa shape index (κ1) is 16.4. The van der Waals surface area contributed by atoms with E-state index in [1.165, 1.54) is 12.8 Å². The van der Waals surface area contributed by atoms with Gasteiger partial charge in [-0.2, -0.15) is 4.98 Å². The minimum Gasteiger partial charge on any atom is -0.489 e. The summed E-state index contributed by atoms with van der Waals surface area (Å²) in [6.07, 6.45) is 2.44. The molecule has 132 valence electrons. The normalized spacial score (nSPS) is 13.3. The summed E-state index contributed by atoms with van der Waals surface area (Å²) in [7, 11) is 0. The number of aromatic nitrogens is 2. The molecule has 0 saturated heterocycles. The van der Waals surface area contributed by atoms with Gasteiger partial charge in [-0.25, -0.2) is 4.98 Å². The first-order chi connectivity index (χ1) is 12.7. The molecule has 1 saturated carbocycles. The maximum Gasteiger partial charge on any atom is 0.229 e. The first-order valence-corrected chi connectivity index (χ1v) is 8.91. The molecule has 4 rings (SSSR count). The molecular formula is C21H22N4O. The van der Waals surface area contributed by atoms with Gasteiger partial charge in [0.05, 0.1) is 0 Å². The second-order valence-corrected chi connectivity index (χ2v) is 6.56. The van der Waals surface area contributed by atoms with Crippen molar-refractivity contribution in [2.24, 2.45) is 0 Å². The van der Waals surface area contributed by atoms with Crippen molar-refractivity contribution in [2.45, 2.75) is 32.4 Å². The predicted octanol–water partition coefficient (Wildman–Crippen LogP) is 4.68. The lowest BCUT2D eigenvalue weighted by molar-refractivity contribution is 0.306. The summed E-state index contributed by atoms with van der Waals surface area (Å²) in [6.45, 7) is 2.54. The molecule has 1 fully saturated rings. The number of ether oxygens (including phenoxy) is 1. The fraction of sp³-hybridized carbons (Fsp3) is 0.238. The summed E-state index contributed by atoms with van der Waals surface area (Å²) >= 11 is 0. The molecule has 2 N–H and O–H groups in total. The van der Waals surface area contributed by atoms with Crippen LogP contribution in [0.3, 0.4) is 0 Å². The van der Waals surface area contributed by atoms with E-state index < -0.39 is 0 Å². The molecule has 0 atom stereocenters. The van der Waals surface area contributed by atoms with Gasteiger partial charge in [0.1, 0.15) is 18.2 Å². The zero-order valence-electron chi connectivity index (χ0n) is 14.8. The van der Waals surface area contributed by atoms with Crippen molar-refractivity contribution in [3.8, 4) is 5.75 Å². The van der Waals surface area contributed by atoms with E-state index >= 15 is 0 Å². The van der Waals surface area contributed by atoms with E-state index in [0.717, 1.165) is 28.5 Å². The summed E-state index contributed by atoms with van der Waals surface area (Å²) in [5, 5.41) is 6.68. The maximum absolute atomic E-state index is 5.82. The van der Waals surface area contributed by atoms with Crippen LogP contribution >= 0.6 is 0 Å². The van der Waals surface area contributed by atoms with Crippen LogP contribution in [0.15, 0.2) is 60.7 Å². The van der Waals surface area contributed by atoms with Crippen LogP contribution in [0, 0.1) is 6.92 Å². The number of aryl methyl sites for hydroxylation is 1. The lowest BCUT2D eigenvalue weighted by Crippen LogP contribution is -2.06. The van der Waals surface area contributed by atoms with Gasteiger partial charge in [0.25, 0.3) is 0 Å². The van der Waals surface area contributed by atoms with Crippen molar-refractivity contribution >= 4 is 17.5 Å². The number of hydrogen-bond donors (Lipinski definition) is 2. The Morgan fingerprint density at radius 2 is 1.77 bits per heavy atom. The van der Waals surface area contributed by atoms with Crippen LogP contribution < -0.4 is 15.4 Å². The molecule has 5 nitrogen and oxygen atoms in total. The van der Waals surface area contributed by atoms with Gasteiger partial charge in [0.2, 0.25) is 5.95 Å². The summed E-state index contributed by atoms with van der Waals surface area (Å²) in [5.41, 5.74) is 3.02. The van der Waals surface area contributed by atoms with Crippen LogP contribution in [0.4, 0.5) is 17.5 Å². The Balaban J connectivity index is 1.38. The van der Waals surface area contributed by atoms with Gasteiger partial charge in [-0.05, 0) is 49.6 Å². The molecule has 0 bridgehead atoms. The van der Waals surface area contributed by atoms with E-state index in [0.29, 0.717) is 18.6 Å². The van der Waals surface area contributed by atoms with Crippen molar-refractivity contribution in [3.05, 3.63) is 71.9 Å². The summed E-state index contributed by atoms with van der Waals surface area (Å²) in [4.78, 5) is 9.00. The lowest BCUT2D eigenvalue weighted by atomic mass is 10.2. The molecule has 1 aliphatic rings. The van der Waals surface area contributed by atoms with Crippen LogP contribution in [0.25, 0.3) is 0 Å². The average Bonchev–Trinajstić information content (AvgIpc) is 3.45. The minimum atomic E-state index is 0.560. The van der Waals surface area contributed by atoms with Crippen molar-refractivity contribution in [3.63, 3.8) is 0 Å². The molecule has 1 aliphatic carbocycles. The quantitative estimate of drug-likeness (QED) is 0.650. The van der Waals surface area contributed by atoms with E-state index in [1.807, 2.05) is 55.5 Å². The molecule has 3 aromatic rings. The van der Waals surface area contributed by atoms with Gasteiger partial charge >= 0.3 is 0 Å². The van der Waals surface area contributed by atoms with Crippen LogP contribution in [0.5, 0.6) is 5.75 Å². The Labute approximate surface area is 153 Å². The second kappa shape index (κ2) is 7.44. The van der Waals surface area contributed by atoms with E-state index in [1.54, 1.807) is 0 Å². The van der Waals surface area contributed by atoms with E-state index in [4.69, 9.17) is 4.74 Å². The number of benzene rings is 2. The summed E-state index contributed by atoms with van der Waals surface area (Å²) in [5.74, 6) is 2.32. The molecule has 1 heterocycles. The SMILES string of the molecule is Cc1cc(NC2CC2)nc(Nc2ccc(OCc3ccccc3)cc2)n1. The zero-order chi connectivity index (χ0) is 17.8. The highest BCUT2D eigenvalue weighted by Gasteiger charge is 2.21. The number of nitrogens with one attached hydrogen (secondary N) is 2. The fourth-order valence-electron chi connectivity index (χ4n) is 2.64. The Hall–Kier alpha value is -3.08. The molecule has 0 unspecified atom stereocenters. The summed E-state index contributed by atoms with van der Waals surface area (Å²) in [6, 6.07) is 20.5. The van der Waals surface area contributed by atoms with Gasteiger partial charge < -0.3 is 15.4 Å². The molecule has 1 aromatic heterocycles. The molecule has 2 aromatic carbocycles. The van der Waals surface area contributed by atoms with Crippen molar-refractivity contribution in [1.82, 2.24) is 9.97 Å². The smallest absolute Gasteiger partial charge is 0.229 e. The Bertz CT molecular complexity index is 861. The monoisotopic (exact) mass is 346 g/mol. The fourth-order valence-corrected chi connectivity index (χ4v) is 2.64. The van der Waals surface area contributed by atoms with Gasteiger partial charge in [-0.3, -0.25) is 0 Å². The van der Waals surface area contributed by atoms with E-state index in [-0.39, 0.29) is 0 Å². The second-order valence-electron chi connectivity index (χ2n) is 6.56. The highest BCUT2D eigenvalue weighted by Crippen LogP contribution is 2.25. The molecule has 5 heteroatoms. The maximum atomic E-state index is 5.82. The number of anilines is 3. The third-order valence-electron chi connectivity index (χ3n) is 4.14. The molecule has 0 radical (unpaired) electrons. The van der Waals surface area contributed by atoms with Crippen LogP contribution in [0.2, 0.25) is 0 Å². The molecule has 0 spiro atoms. The van der Waals surface area contributed by atoms with Crippen LogP contribution in [0.1, 0.15) is 24.1 Å². The van der Waals surface area contributed by atoms with E-state index in [9.17, 15) is 0 Å². The lowest BCUT2D eigenvalue weighted by Gasteiger charge is -2.10.